The Bertz CT molecular complexity index is 271. The van der Waals surface area contributed by atoms with E-state index in [4.69, 9.17) is 4.74 Å². The lowest BCUT2D eigenvalue weighted by Crippen LogP contribution is -2.13. The summed E-state index contributed by atoms with van der Waals surface area (Å²) in [6.45, 7) is 1.97. The number of hydrogen-bond acceptors (Lipinski definition) is 2. The van der Waals surface area contributed by atoms with Gasteiger partial charge in [0, 0.05) is 0 Å². The fourth-order valence-corrected chi connectivity index (χ4v) is 1.56. The molecule has 1 N–H and O–H groups in total. The molecule has 1 fully saturated rings. The van der Waals surface area contributed by atoms with Crippen molar-refractivity contribution in [3.05, 3.63) is 35.9 Å². The normalized spacial score (nSPS) is 28.5. The van der Waals surface area contributed by atoms with Crippen molar-refractivity contribution >= 4 is 0 Å². The van der Waals surface area contributed by atoms with Crippen LogP contribution in [0.15, 0.2) is 30.3 Å². The lowest BCUT2D eigenvalue weighted by molar-refractivity contribution is 0.131. The summed E-state index contributed by atoms with van der Waals surface area (Å²) in [6, 6.07) is 10.0. The molecule has 0 spiro atoms. The Hall–Kier alpha value is -0.860. The minimum Gasteiger partial charge on any atom is -0.390 e. The number of hydrogen-bond donors (Lipinski definition) is 1. The van der Waals surface area contributed by atoms with E-state index < -0.39 is 0 Å². The summed E-state index contributed by atoms with van der Waals surface area (Å²) < 4.78 is 5.41. The first-order valence-electron chi connectivity index (χ1n) is 4.71. The summed E-state index contributed by atoms with van der Waals surface area (Å²) in [5.74, 6) is 0. The molecule has 2 rings (SSSR count). The Morgan fingerprint density at radius 3 is 2.69 bits per heavy atom. The molecule has 1 heterocycles. The van der Waals surface area contributed by atoms with Gasteiger partial charge in [0.15, 0.2) is 0 Å². The minimum absolute atomic E-state index is 0.0207. The summed E-state index contributed by atoms with van der Waals surface area (Å²) >= 11 is 0. The van der Waals surface area contributed by atoms with Crippen molar-refractivity contribution in [2.24, 2.45) is 0 Å². The van der Waals surface area contributed by atoms with Crippen molar-refractivity contribution in [1.82, 2.24) is 0 Å². The summed E-state index contributed by atoms with van der Waals surface area (Å²) in [4.78, 5) is 0. The van der Waals surface area contributed by atoms with Crippen molar-refractivity contribution in [1.29, 1.82) is 0 Å². The van der Waals surface area contributed by atoms with Crippen LogP contribution in [0.5, 0.6) is 0 Å². The zero-order chi connectivity index (χ0) is 9.26. The molecule has 1 unspecified atom stereocenters. The highest BCUT2D eigenvalue weighted by atomic mass is 16.6. The van der Waals surface area contributed by atoms with Crippen molar-refractivity contribution in [2.45, 2.75) is 31.7 Å². The van der Waals surface area contributed by atoms with Crippen LogP contribution in [-0.4, -0.2) is 17.3 Å². The van der Waals surface area contributed by atoms with Crippen LogP contribution in [0.3, 0.4) is 0 Å². The van der Waals surface area contributed by atoms with Crippen LogP contribution in [0.25, 0.3) is 0 Å². The molecule has 1 aliphatic heterocycles. The summed E-state index contributed by atoms with van der Waals surface area (Å²) in [5.41, 5.74) is 1.17. The number of aliphatic hydroxyl groups excluding tert-OH is 1. The van der Waals surface area contributed by atoms with Gasteiger partial charge in [0.1, 0.15) is 12.2 Å². The largest absolute Gasteiger partial charge is 0.390 e. The predicted molar refractivity (Wildman–Crippen MR) is 50.4 cm³/mol. The second-order valence-electron chi connectivity index (χ2n) is 3.41. The number of ether oxygens (including phenoxy) is 1. The molecule has 2 heteroatoms. The molecule has 0 bridgehead atoms. The Balaban J connectivity index is 2.00. The molecular weight excluding hydrogens is 164 g/mol. The Morgan fingerprint density at radius 1 is 1.38 bits per heavy atom. The van der Waals surface area contributed by atoms with Crippen LogP contribution in [0, 0.1) is 0 Å². The standard InChI is InChI=1S/C11H14O2/c1-2-9(12)11-10(13-11)8-6-4-3-5-7-8/h3-7,9-12H,2H2,1H3/t9?,10-,11+/m0/s1. The van der Waals surface area contributed by atoms with Crippen molar-refractivity contribution in [3.8, 4) is 0 Å². The van der Waals surface area contributed by atoms with Crippen LogP contribution in [0.2, 0.25) is 0 Å². The van der Waals surface area contributed by atoms with Crippen LogP contribution in [0.4, 0.5) is 0 Å². The van der Waals surface area contributed by atoms with Crippen LogP contribution < -0.4 is 0 Å². The molecule has 0 aliphatic carbocycles. The fraction of sp³-hybridized carbons (Fsp3) is 0.455. The lowest BCUT2D eigenvalue weighted by Gasteiger charge is -2.01. The fourth-order valence-electron chi connectivity index (χ4n) is 1.56. The third kappa shape index (κ3) is 1.74. The van der Waals surface area contributed by atoms with Gasteiger partial charge in [-0.05, 0) is 12.0 Å². The topological polar surface area (TPSA) is 32.8 Å². The molecule has 0 saturated carbocycles. The molecule has 1 aliphatic rings. The molecule has 0 aromatic heterocycles. The highest BCUT2D eigenvalue weighted by molar-refractivity contribution is 5.22. The highest BCUT2D eigenvalue weighted by Crippen LogP contribution is 2.41. The van der Waals surface area contributed by atoms with E-state index in [0.717, 1.165) is 6.42 Å². The van der Waals surface area contributed by atoms with Crippen LogP contribution >= 0.6 is 0 Å². The zero-order valence-electron chi connectivity index (χ0n) is 7.68. The maximum Gasteiger partial charge on any atom is 0.115 e. The van der Waals surface area contributed by atoms with Gasteiger partial charge in [-0.25, -0.2) is 0 Å². The zero-order valence-corrected chi connectivity index (χ0v) is 7.68. The molecule has 1 saturated heterocycles. The number of benzene rings is 1. The van der Waals surface area contributed by atoms with Gasteiger partial charge in [0.2, 0.25) is 0 Å². The van der Waals surface area contributed by atoms with Gasteiger partial charge >= 0.3 is 0 Å². The van der Waals surface area contributed by atoms with Gasteiger partial charge in [-0.1, -0.05) is 37.3 Å². The molecule has 70 valence electrons. The van der Waals surface area contributed by atoms with E-state index in [1.54, 1.807) is 0 Å². The third-order valence-electron chi connectivity index (χ3n) is 2.45. The average molecular weight is 178 g/mol. The second-order valence-corrected chi connectivity index (χ2v) is 3.41. The quantitative estimate of drug-likeness (QED) is 0.717. The van der Waals surface area contributed by atoms with Crippen molar-refractivity contribution in [3.63, 3.8) is 0 Å². The highest BCUT2D eigenvalue weighted by Gasteiger charge is 2.44. The molecular formula is C11H14O2. The van der Waals surface area contributed by atoms with Crippen molar-refractivity contribution < 1.29 is 9.84 Å². The average Bonchev–Trinajstić information content (AvgIpc) is 2.98. The first-order valence-corrected chi connectivity index (χ1v) is 4.71. The van der Waals surface area contributed by atoms with E-state index in [1.165, 1.54) is 5.56 Å². The van der Waals surface area contributed by atoms with E-state index in [2.05, 4.69) is 0 Å². The lowest BCUT2D eigenvalue weighted by atomic mass is 10.1. The van der Waals surface area contributed by atoms with E-state index in [1.807, 2.05) is 37.3 Å². The Kier molecular flexibility index (Phi) is 2.34. The van der Waals surface area contributed by atoms with Gasteiger partial charge in [-0.2, -0.15) is 0 Å². The number of epoxide rings is 1. The minimum atomic E-state index is -0.315. The summed E-state index contributed by atoms with van der Waals surface area (Å²) in [6.07, 6.45) is 0.585. The van der Waals surface area contributed by atoms with E-state index in [0.29, 0.717) is 0 Å². The molecule has 0 radical (unpaired) electrons. The Labute approximate surface area is 78.2 Å². The molecule has 2 nitrogen and oxygen atoms in total. The second kappa shape index (κ2) is 3.48. The van der Waals surface area contributed by atoms with Gasteiger partial charge in [0.05, 0.1) is 6.10 Å². The first kappa shape index (κ1) is 8.73. The van der Waals surface area contributed by atoms with Crippen LogP contribution in [0.1, 0.15) is 25.0 Å². The summed E-state index contributed by atoms with van der Waals surface area (Å²) in [5, 5.41) is 9.50. The van der Waals surface area contributed by atoms with Crippen molar-refractivity contribution in [2.75, 3.05) is 0 Å². The number of aliphatic hydroxyl groups is 1. The molecule has 1 aromatic carbocycles. The first-order chi connectivity index (χ1) is 6.33. The van der Waals surface area contributed by atoms with Crippen LogP contribution in [-0.2, 0) is 4.74 Å². The molecule has 0 amide bonds. The van der Waals surface area contributed by atoms with E-state index >= 15 is 0 Å². The van der Waals surface area contributed by atoms with Gasteiger partial charge in [-0.3, -0.25) is 0 Å². The molecule has 3 atom stereocenters. The monoisotopic (exact) mass is 178 g/mol. The summed E-state index contributed by atoms with van der Waals surface area (Å²) in [7, 11) is 0. The SMILES string of the molecule is CCC(O)[C@H]1O[C@H]1c1ccccc1. The number of rotatable bonds is 3. The van der Waals surface area contributed by atoms with Gasteiger partial charge in [-0.15, -0.1) is 0 Å². The maximum atomic E-state index is 9.50. The molecule has 1 aromatic rings. The maximum absolute atomic E-state index is 9.50. The van der Waals surface area contributed by atoms with E-state index in [-0.39, 0.29) is 18.3 Å². The predicted octanol–water partition coefficient (Wildman–Crippen LogP) is 1.90. The van der Waals surface area contributed by atoms with Gasteiger partial charge in [0.25, 0.3) is 0 Å². The van der Waals surface area contributed by atoms with Gasteiger partial charge < -0.3 is 9.84 Å². The smallest absolute Gasteiger partial charge is 0.115 e. The Morgan fingerprint density at radius 2 is 2.08 bits per heavy atom. The van der Waals surface area contributed by atoms with E-state index in [9.17, 15) is 5.11 Å². The third-order valence-corrected chi connectivity index (χ3v) is 2.45. The molecule has 13 heavy (non-hydrogen) atoms.